The quantitative estimate of drug-likeness (QED) is 0.203. The van der Waals surface area contributed by atoms with E-state index < -0.39 is 6.10 Å². The van der Waals surface area contributed by atoms with Crippen molar-refractivity contribution in [2.75, 3.05) is 26.4 Å². The topological polar surface area (TPSA) is 142 Å². The number of guanidine groups is 1. The van der Waals surface area contributed by atoms with Crippen molar-refractivity contribution >= 4 is 5.96 Å². The number of aromatic nitrogens is 2. The van der Waals surface area contributed by atoms with Gasteiger partial charge in [0.25, 0.3) is 5.89 Å². The number of rotatable bonds is 7. The van der Waals surface area contributed by atoms with Gasteiger partial charge in [-0.3, -0.25) is 16.0 Å². The van der Waals surface area contributed by atoms with Gasteiger partial charge >= 0.3 is 5.96 Å². The number of aliphatic hydroxyl groups excluding tert-OH is 1. The fourth-order valence-electron chi connectivity index (χ4n) is 4.47. The Hall–Kier alpha value is -3.50. The Morgan fingerprint density at radius 2 is 1.94 bits per heavy atom. The minimum atomic E-state index is -0.550. The molecule has 2 aromatic carbocycles. The third-order valence-corrected chi connectivity index (χ3v) is 6.24. The molecule has 0 amide bonds. The summed E-state index contributed by atoms with van der Waals surface area (Å²) in [7, 11) is 0. The van der Waals surface area contributed by atoms with Crippen molar-refractivity contribution in [1.29, 1.82) is 0 Å². The highest BCUT2D eigenvalue weighted by Crippen LogP contribution is 2.32. The highest BCUT2D eigenvalue weighted by atomic mass is 35.5. The van der Waals surface area contributed by atoms with Gasteiger partial charge in [0.15, 0.2) is 17.5 Å². The van der Waals surface area contributed by atoms with Gasteiger partial charge in [0.2, 0.25) is 5.82 Å². The number of hydrogen-bond acceptors (Lipinski definition) is 7. The van der Waals surface area contributed by atoms with Crippen LogP contribution in [0, 0.1) is 6.92 Å². The van der Waals surface area contributed by atoms with Crippen LogP contribution in [-0.4, -0.2) is 58.3 Å². The zero-order valence-electron chi connectivity index (χ0n) is 20.0. The predicted octanol–water partition coefficient (Wildman–Crippen LogP) is -1.08. The molecule has 2 atom stereocenters. The van der Waals surface area contributed by atoms with Crippen molar-refractivity contribution in [2.45, 2.75) is 38.3 Å². The normalized spacial score (nSPS) is 18.6. The Kier molecular flexibility index (Phi) is 7.85. The van der Waals surface area contributed by atoms with E-state index in [-0.39, 0.29) is 24.4 Å². The molecule has 36 heavy (non-hydrogen) atoms. The summed E-state index contributed by atoms with van der Waals surface area (Å²) < 4.78 is 24.4. The van der Waals surface area contributed by atoms with Crippen molar-refractivity contribution in [2.24, 2.45) is 11.5 Å². The van der Waals surface area contributed by atoms with Gasteiger partial charge in [0, 0.05) is 12.0 Å². The Balaban J connectivity index is 0.00000304. The van der Waals surface area contributed by atoms with Crippen LogP contribution in [0.2, 0.25) is 0 Å². The lowest BCUT2D eigenvalue weighted by molar-refractivity contribution is -0.557. The number of aliphatic hydroxyl groups is 1. The van der Waals surface area contributed by atoms with Crippen LogP contribution in [0.25, 0.3) is 11.4 Å². The summed E-state index contributed by atoms with van der Waals surface area (Å²) in [4.78, 5) is 4.52. The zero-order valence-corrected chi connectivity index (χ0v) is 20.8. The summed E-state index contributed by atoms with van der Waals surface area (Å²) in [6, 6.07) is 11.5. The second-order valence-corrected chi connectivity index (χ2v) is 8.85. The summed E-state index contributed by atoms with van der Waals surface area (Å²) in [6.45, 7) is 4.10. The fourth-order valence-corrected chi connectivity index (χ4v) is 4.47. The summed E-state index contributed by atoms with van der Waals surface area (Å²) >= 11 is 0. The van der Waals surface area contributed by atoms with Crippen molar-refractivity contribution in [3.05, 3.63) is 53.4 Å². The monoisotopic (exact) mass is 515 g/mol. The van der Waals surface area contributed by atoms with E-state index in [9.17, 15) is 5.11 Å². The molecule has 1 fully saturated rings. The van der Waals surface area contributed by atoms with Gasteiger partial charge in [0.05, 0.1) is 19.3 Å². The Bertz CT molecular complexity index is 1240. The summed E-state index contributed by atoms with van der Waals surface area (Å²) in [5.74, 6) is 3.40. The molecule has 5 rings (SSSR count). The molecule has 10 nitrogen and oxygen atoms in total. The van der Waals surface area contributed by atoms with Gasteiger partial charge in [0.1, 0.15) is 19.0 Å². The molecule has 0 bridgehead atoms. The zero-order chi connectivity index (χ0) is 24.4. The summed E-state index contributed by atoms with van der Waals surface area (Å²) in [5, 5.41) is 14.1. The first-order chi connectivity index (χ1) is 17.0. The molecular formula is C25H30ClN5O5. The predicted molar refractivity (Wildman–Crippen MR) is 128 cm³/mol. The number of aryl methyl sites for hydroxylation is 2. The molecule has 2 aliphatic rings. The van der Waals surface area contributed by atoms with E-state index in [1.54, 1.807) is 4.58 Å². The molecule has 2 aliphatic heterocycles. The lowest BCUT2D eigenvalue weighted by Crippen LogP contribution is -3.00. The van der Waals surface area contributed by atoms with Gasteiger partial charge in [-0.25, -0.2) is 0 Å². The Labute approximate surface area is 215 Å². The van der Waals surface area contributed by atoms with Gasteiger partial charge < -0.3 is 36.2 Å². The average molecular weight is 516 g/mol. The molecule has 0 aliphatic carbocycles. The van der Waals surface area contributed by atoms with Crippen LogP contribution in [0.4, 0.5) is 0 Å². The molecule has 1 saturated heterocycles. The molecule has 0 unspecified atom stereocenters. The third-order valence-electron chi connectivity index (χ3n) is 6.24. The second-order valence-electron chi connectivity index (χ2n) is 8.85. The maximum atomic E-state index is 9.99. The number of β-amino-alcohol motifs (C(OH)–C–C–N with tert-alkyl or cyclic N) is 1. The smallest absolute Gasteiger partial charge is 0.341 e. The molecule has 0 radical (unpaired) electrons. The summed E-state index contributed by atoms with van der Waals surface area (Å²) in [6.07, 6.45) is 1.64. The van der Waals surface area contributed by atoms with Gasteiger partial charge in [-0.05, 0) is 61.2 Å². The number of benzene rings is 2. The van der Waals surface area contributed by atoms with Crippen molar-refractivity contribution in [1.82, 2.24) is 10.1 Å². The fraction of sp³-hybridized carbons (Fsp3) is 0.400. The molecule has 1 aromatic heterocycles. The molecule has 11 heteroatoms. The van der Waals surface area contributed by atoms with Gasteiger partial charge in [-0.1, -0.05) is 11.2 Å². The minimum Gasteiger partial charge on any atom is -1.00 e. The van der Waals surface area contributed by atoms with Crippen molar-refractivity contribution in [3.63, 3.8) is 0 Å². The van der Waals surface area contributed by atoms with E-state index in [0.29, 0.717) is 44.5 Å². The number of nitrogens with zero attached hydrogens (tertiary/aromatic N) is 3. The molecule has 3 aromatic rings. The van der Waals surface area contributed by atoms with Gasteiger partial charge in [-0.15, -0.1) is 0 Å². The van der Waals surface area contributed by atoms with Crippen LogP contribution < -0.4 is 38.1 Å². The number of ether oxygens (including phenoxy) is 3. The second kappa shape index (κ2) is 11.0. The molecule has 192 valence electrons. The van der Waals surface area contributed by atoms with Crippen LogP contribution in [0.1, 0.15) is 35.9 Å². The minimum absolute atomic E-state index is 0. The number of nitrogens with two attached hydrogens (primary N) is 2. The number of halogens is 1. The Morgan fingerprint density at radius 3 is 2.72 bits per heavy atom. The number of hydrogen-bond donors (Lipinski definition) is 3. The van der Waals surface area contributed by atoms with E-state index >= 15 is 0 Å². The van der Waals surface area contributed by atoms with Crippen molar-refractivity contribution < 1.29 is 40.8 Å². The van der Waals surface area contributed by atoms with Crippen LogP contribution >= 0.6 is 0 Å². The molecule has 0 saturated carbocycles. The first kappa shape index (κ1) is 25.6. The molecule has 5 N–H and O–H groups in total. The molecule has 0 spiro atoms. The SMILES string of the molecule is Cc1cc(-c2noc([C@@H]3C[C@@H](O)C[N+]3=C(N)N)n2)ccc1OCCCc1ccc2c(c1)OCCO2.[Cl-]. The highest BCUT2D eigenvalue weighted by Gasteiger charge is 2.36. The van der Waals surface area contributed by atoms with Crippen LogP contribution in [-0.2, 0) is 6.42 Å². The first-order valence-electron chi connectivity index (χ1n) is 11.8. The average Bonchev–Trinajstić information content (AvgIpc) is 3.49. The van der Waals surface area contributed by atoms with Crippen LogP contribution in [0.5, 0.6) is 17.2 Å². The van der Waals surface area contributed by atoms with E-state index in [1.165, 1.54) is 5.56 Å². The van der Waals surface area contributed by atoms with Crippen LogP contribution in [0.3, 0.4) is 0 Å². The Morgan fingerprint density at radius 1 is 1.14 bits per heavy atom. The maximum Gasteiger partial charge on any atom is 0.341 e. The standard InChI is InChI=1S/C25H29N5O5.ClH/c1-15-11-17(23-28-24(35-29-23)19-13-18(31)14-30(19)25(26)27)5-7-20(15)32-8-2-3-16-4-6-21-22(12-16)34-10-9-33-21;/h4-7,11-12,18-19,31H,2-3,8-10,13-14H2,1H3,(H3,26,27);1H/t18-,19+;/m1./s1. The highest BCUT2D eigenvalue weighted by molar-refractivity contribution is 5.70. The van der Waals surface area contributed by atoms with Gasteiger partial charge in [-0.2, -0.15) is 4.98 Å². The van der Waals surface area contributed by atoms with Crippen LogP contribution in [0.15, 0.2) is 40.9 Å². The van der Waals surface area contributed by atoms with E-state index in [1.807, 2.05) is 37.3 Å². The third kappa shape index (κ3) is 5.50. The summed E-state index contributed by atoms with van der Waals surface area (Å²) in [5.41, 5.74) is 14.5. The van der Waals surface area contributed by atoms with Crippen molar-refractivity contribution in [3.8, 4) is 28.6 Å². The maximum absolute atomic E-state index is 9.99. The van der Waals surface area contributed by atoms with E-state index in [2.05, 4.69) is 16.2 Å². The lowest BCUT2D eigenvalue weighted by Gasteiger charge is -2.18. The largest absolute Gasteiger partial charge is 1.00 e. The van der Waals surface area contributed by atoms with E-state index in [4.69, 9.17) is 30.2 Å². The molecular weight excluding hydrogens is 486 g/mol. The number of fused-ring (bicyclic) bond motifs is 1. The van der Waals surface area contributed by atoms with E-state index in [0.717, 1.165) is 41.2 Å². The first-order valence-corrected chi connectivity index (χ1v) is 11.8. The molecule has 3 heterocycles. The lowest BCUT2D eigenvalue weighted by atomic mass is 10.1.